The highest BCUT2D eigenvalue weighted by Crippen LogP contribution is 2.31. The molecule has 11 heteroatoms. The fourth-order valence-electron chi connectivity index (χ4n) is 4.18. The molecule has 0 saturated carbocycles. The molecule has 0 spiro atoms. The lowest BCUT2D eigenvalue weighted by Crippen LogP contribution is -2.39. The summed E-state index contributed by atoms with van der Waals surface area (Å²) in [5.41, 5.74) is -1.42. The molecular formula is C26H27F4N3O4. The van der Waals surface area contributed by atoms with E-state index in [9.17, 15) is 36.7 Å². The highest BCUT2D eigenvalue weighted by molar-refractivity contribution is 5.94. The summed E-state index contributed by atoms with van der Waals surface area (Å²) >= 11 is 0. The zero-order valence-corrected chi connectivity index (χ0v) is 20.6. The number of ketones is 1. The van der Waals surface area contributed by atoms with Crippen molar-refractivity contribution in [2.45, 2.75) is 52.9 Å². The van der Waals surface area contributed by atoms with Crippen LogP contribution in [-0.2, 0) is 30.5 Å². The molecule has 1 aromatic heterocycles. The third-order valence-corrected chi connectivity index (χ3v) is 6.05. The van der Waals surface area contributed by atoms with Gasteiger partial charge in [0.1, 0.15) is 11.6 Å². The third kappa shape index (κ3) is 6.15. The minimum Gasteiger partial charge on any atom is -0.352 e. The van der Waals surface area contributed by atoms with Crippen LogP contribution in [0.5, 0.6) is 0 Å². The van der Waals surface area contributed by atoms with Gasteiger partial charge in [-0.15, -0.1) is 0 Å². The summed E-state index contributed by atoms with van der Waals surface area (Å²) in [6.07, 6.45) is -4.73. The van der Waals surface area contributed by atoms with Crippen LogP contribution in [0, 0.1) is 11.7 Å². The molecule has 37 heavy (non-hydrogen) atoms. The van der Waals surface area contributed by atoms with Crippen LogP contribution < -0.4 is 16.6 Å². The first-order chi connectivity index (χ1) is 17.4. The molecule has 1 unspecified atom stereocenters. The van der Waals surface area contributed by atoms with Crippen molar-refractivity contribution in [3.63, 3.8) is 0 Å². The van der Waals surface area contributed by atoms with Gasteiger partial charge in [0.2, 0.25) is 0 Å². The molecule has 0 radical (unpaired) electrons. The number of halogens is 4. The van der Waals surface area contributed by atoms with Crippen LogP contribution in [0.2, 0.25) is 0 Å². The largest absolute Gasteiger partial charge is 0.419 e. The van der Waals surface area contributed by atoms with E-state index >= 15 is 0 Å². The second kappa shape index (κ2) is 11.1. The molecule has 7 nitrogen and oxygen atoms in total. The lowest BCUT2D eigenvalue weighted by atomic mass is 9.98. The van der Waals surface area contributed by atoms with Crippen molar-refractivity contribution in [2.75, 3.05) is 6.54 Å². The van der Waals surface area contributed by atoms with Crippen LogP contribution in [-0.4, -0.2) is 27.4 Å². The first kappa shape index (κ1) is 27.8. The lowest BCUT2D eigenvalue weighted by Gasteiger charge is -2.14. The van der Waals surface area contributed by atoms with E-state index in [0.29, 0.717) is 35.1 Å². The van der Waals surface area contributed by atoms with Gasteiger partial charge in [0, 0.05) is 38.0 Å². The van der Waals surface area contributed by atoms with Crippen LogP contribution in [0.1, 0.15) is 48.7 Å². The molecule has 0 aliphatic rings. The summed E-state index contributed by atoms with van der Waals surface area (Å²) in [5.74, 6) is -2.75. The van der Waals surface area contributed by atoms with Crippen molar-refractivity contribution < 1.29 is 27.2 Å². The summed E-state index contributed by atoms with van der Waals surface area (Å²) in [5, 5.41) is 2.85. The van der Waals surface area contributed by atoms with E-state index in [4.69, 9.17) is 0 Å². The maximum Gasteiger partial charge on any atom is 0.419 e. The van der Waals surface area contributed by atoms with Crippen LogP contribution in [0.4, 0.5) is 17.6 Å². The zero-order valence-electron chi connectivity index (χ0n) is 20.6. The number of aryl methyl sites for hydroxylation is 1. The Labute approximate surface area is 209 Å². The Morgan fingerprint density at radius 3 is 2.27 bits per heavy atom. The monoisotopic (exact) mass is 521 g/mol. The average molecular weight is 522 g/mol. The summed E-state index contributed by atoms with van der Waals surface area (Å²) in [4.78, 5) is 50.1. The summed E-state index contributed by atoms with van der Waals surface area (Å²) in [6.45, 7) is 5.88. The Morgan fingerprint density at radius 1 is 1.00 bits per heavy atom. The number of aromatic nitrogens is 2. The number of alkyl halides is 3. The second-order valence-corrected chi connectivity index (χ2v) is 8.85. The number of nitrogens with one attached hydrogen (secondary N) is 1. The topological polar surface area (TPSA) is 90.2 Å². The van der Waals surface area contributed by atoms with Gasteiger partial charge in [-0.25, -0.2) is 9.18 Å². The van der Waals surface area contributed by atoms with Crippen molar-refractivity contribution >= 4 is 22.6 Å². The Bertz CT molecular complexity index is 1460. The van der Waals surface area contributed by atoms with Crippen molar-refractivity contribution in [3.05, 3.63) is 79.7 Å². The van der Waals surface area contributed by atoms with Gasteiger partial charge in [-0.2, -0.15) is 13.2 Å². The van der Waals surface area contributed by atoms with Crippen LogP contribution in [0.25, 0.3) is 10.9 Å². The number of hydrogen-bond donors (Lipinski definition) is 1. The van der Waals surface area contributed by atoms with Gasteiger partial charge in [-0.1, -0.05) is 13.0 Å². The number of hydrogen-bond acceptors (Lipinski definition) is 4. The minimum atomic E-state index is -4.86. The van der Waals surface area contributed by atoms with Gasteiger partial charge in [0.25, 0.3) is 11.5 Å². The predicted octanol–water partition coefficient (Wildman–Crippen LogP) is 3.93. The predicted molar refractivity (Wildman–Crippen MR) is 130 cm³/mol. The Hall–Kier alpha value is -3.76. The van der Waals surface area contributed by atoms with E-state index in [-0.39, 0.29) is 48.9 Å². The van der Waals surface area contributed by atoms with Crippen molar-refractivity contribution in [3.8, 4) is 0 Å². The van der Waals surface area contributed by atoms with Gasteiger partial charge < -0.3 is 5.32 Å². The number of fused-ring (bicyclic) bond motifs is 1. The standard InChI is InChI=1S/C26H27F4N3O4/c1-4-32-22-9-6-16(12-19(22)24(36)33(5-2)25(32)37)11-18(34)10-15(3)14-31-23(35)17-7-8-20(21(27)13-17)26(28,29)30/h6-9,12-13,15H,4-5,10-11,14H2,1-3H3,(H,31,35). The smallest absolute Gasteiger partial charge is 0.352 e. The molecule has 3 rings (SSSR count). The van der Waals surface area contributed by atoms with Crippen molar-refractivity contribution in [1.29, 1.82) is 0 Å². The van der Waals surface area contributed by atoms with E-state index in [1.165, 1.54) is 4.57 Å². The SMILES string of the molecule is CCn1c(=O)c2cc(CC(=O)CC(C)CNC(=O)c3ccc(C(F)(F)F)c(F)c3)ccc2n(CC)c1=O. The normalized spacial score (nSPS) is 12.5. The zero-order chi connectivity index (χ0) is 27.5. The quantitative estimate of drug-likeness (QED) is 0.432. The van der Waals surface area contributed by atoms with Gasteiger partial charge in [0.05, 0.1) is 16.5 Å². The number of rotatable bonds is 9. The molecule has 1 amide bonds. The van der Waals surface area contributed by atoms with Crippen molar-refractivity contribution in [1.82, 2.24) is 14.5 Å². The summed E-state index contributed by atoms with van der Waals surface area (Å²) < 4.78 is 54.4. The fourth-order valence-corrected chi connectivity index (χ4v) is 4.18. The Kier molecular flexibility index (Phi) is 8.35. The average Bonchev–Trinajstić information content (AvgIpc) is 2.82. The number of Topliss-reactive ketones (excluding diaryl/α,β-unsaturated/α-hetero) is 1. The van der Waals surface area contributed by atoms with E-state index in [1.54, 1.807) is 39.0 Å². The summed E-state index contributed by atoms with van der Waals surface area (Å²) in [7, 11) is 0. The maximum absolute atomic E-state index is 13.7. The van der Waals surface area contributed by atoms with E-state index in [0.717, 1.165) is 10.6 Å². The molecule has 0 bridgehead atoms. The van der Waals surface area contributed by atoms with Crippen molar-refractivity contribution in [2.24, 2.45) is 5.92 Å². The van der Waals surface area contributed by atoms with Crippen LogP contribution in [0.3, 0.4) is 0 Å². The molecule has 2 aromatic carbocycles. The van der Waals surface area contributed by atoms with Crippen LogP contribution >= 0.6 is 0 Å². The van der Waals surface area contributed by atoms with Gasteiger partial charge in [-0.3, -0.25) is 23.5 Å². The minimum absolute atomic E-state index is 0.0369. The third-order valence-electron chi connectivity index (χ3n) is 6.05. The molecule has 198 valence electrons. The fraction of sp³-hybridized carbons (Fsp3) is 0.385. The first-order valence-electron chi connectivity index (χ1n) is 11.8. The number of amides is 1. The van der Waals surface area contributed by atoms with Gasteiger partial charge in [0.15, 0.2) is 0 Å². The van der Waals surface area contributed by atoms with Gasteiger partial charge in [-0.05, 0) is 55.7 Å². The number of carbonyl (C=O) groups excluding carboxylic acids is 2. The summed E-state index contributed by atoms with van der Waals surface area (Å²) in [6, 6.07) is 6.87. The Morgan fingerprint density at radius 2 is 1.68 bits per heavy atom. The molecule has 1 atom stereocenters. The molecular weight excluding hydrogens is 494 g/mol. The van der Waals surface area contributed by atoms with Crippen LogP contribution in [0.15, 0.2) is 46.0 Å². The molecule has 1 heterocycles. The second-order valence-electron chi connectivity index (χ2n) is 8.85. The number of benzene rings is 2. The molecule has 0 aliphatic carbocycles. The first-order valence-corrected chi connectivity index (χ1v) is 11.8. The van der Waals surface area contributed by atoms with E-state index in [2.05, 4.69) is 5.32 Å². The highest BCUT2D eigenvalue weighted by Gasteiger charge is 2.34. The Balaban J connectivity index is 1.64. The maximum atomic E-state index is 13.7. The van der Waals surface area contributed by atoms with E-state index < -0.39 is 29.0 Å². The lowest BCUT2D eigenvalue weighted by molar-refractivity contribution is -0.140. The number of nitrogens with zero attached hydrogens (tertiary/aromatic N) is 2. The number of carbonyl (C=O) groups is 2. The molecule has 0 fully saturated rings. The molecule has 0 saturated heterocycles. The molecule has 3 aromatic rings. The van der Waals surface area contributed by atoms with Gasteiger partial charge >= 0.3 is 11.9 Å². The molecule has 0 aliphatic heterocycles. The highest BCUT2D eigenvalue weighted by atomic mass is 19.4. The van der Waals surface area contributed by atoms with E-state index in [1.807, 2.05) is 0 Å². The molecule has 1 N–H and O–H groups in total.